The summed E-state index contributed by atoms with van der Waals surface area (Å²) in [4.78, 5) is 26.1. The summed E-state index contributed by atoms with van der Waals surface area (Å²) < 4.78 is 28.5. The summed E-state index contributed by atoms with van der Waals surface area (Å²) in [5.74, 6) is -1.90. The molecule has 1 aliphatic rings. The second-order valence-corrected chi connectivity index (χ2v) is 7.85. The molecular formula is C19H17NO6S. The first kappa shape index (κ1) is 18.7. The second kappa shape index (κ2) is 7.63. The maximum Gasteiger partial charge on any atom is 0.342 e. The third-order valence-corrected chi connectivity index (χ3v) is 5.37. The molecule has 140 valence electrons. The normalized spacial score (nSPS) is 17.4. The fourth-order valence-electron chi connectivity index (χ4n) is 2.75. The predicted octanol–water partition coefficient (Wildman–Crippen LogP) is 1.89. The van der Waals surface area contributed by atoms with Crippen LogP contribution in [0, 0.1) is 0 Å². The van der Waals surface area contributed by atoms with E-state index in [9.17, 15) is 23.1 Å². The van der Waals surface area contributed by atoms with Gasteiger partial charge in [0.15, 0.2) is 16.4 Å². The molecule has 0 saturated carbocycles. The molecule has 1 amide bonds. The second-order valence-electron chi connectivity index (χ2n) is 5.92. The Hall–Kier alpha value is -3.13. The summed E-state index contributed by atoms with van der Waals surface area (Å²) in [6.07, 6.45) is 1.44. The van der Waals surface area contributed by atoms with Crippen molar-refractivity contribution < 1.29 is 27.9 Å². The molecule has 0 aromatic heterocycles. The molecule has 2 aromatic carbocycles. The molecule has 0 bridgehead atoms. The van der Waals surface area contributed by atoms with Crippen LogP contribution in [0.2, 0.25) is 0 Å². The topological polar surface area (TPSA) is 101 Å². The molecule has 7 nitrogen and oxygen atoms in total. The summed E-state index contributed by atoms with van der Waals surface area (Å²) in [6.45, 7) is -0.591. The first-order valence-electron chi connectivity index (χ1n) is 8.10. The summed E-state index contributed by atoms with van der Waals surface area (Å²) >= 11 is 0. The van der Waals surface area contributed by atoms with Gasteiger partial charge in [0.2, 0.25) is 0 Å². The van der Waals surface area contributed by atoms with Crippen LogP contribution in [0.4, 0.5) is 5.69 Å². The van der Waals surface area contributed by atoms with E-state index in [2.05, 4.69) is 0 Å². The van der Waals surface area contributed by atoms with Gasteiger partial charge in [-0.3, -0.25) is 4.79 Å². The van der Waals surface area contributed by atoms with Crippen LogP contribution in [0.25, 0.3) is 0 Å². The molecule has 0 saturated heterocycles. The van der Waals surface area contributed by atoms with E-state index in [1.165, 1.54) is 23.1 Å². The highest BCUT2D eigenvalue weighted by atomic mass is 32.2. The lowest BCUT2D eigenvalue weighted by Crippen LogP contribution is -2.43. The standard InChI is InChI=1S/C19H17NO6S/c21-17-9-5-4-8-16(17)19(23)26-12-18(22)20(14-6-2-1-3-7-14)15-10-11-27(24,25)13-15/h1-11,15,21H,12-13H2/t15-/m0/s1. The number of para-hydroxylation sites is 2. The van der Waals surface area contributed by atoms with E-state index in [1.807, 2.05) is 0 Å². The number of anilines is 1. The SMILES string of the molecule is O=C(OCC(=O)N(c1ccccc1)[C@H]1C=CS(=O)(=O)C1)c1ccccc1O. The molecule has 8 heteroatoms. The number of phenolic OH excluding ortho intramolecular Hbond substituents is 1. The number of aromatic hydroxyl groups is 1. The van der Waals surface area contributed by atoms with E-state index in [1.54, 1.807) is 42.5 Å². The van der Waals surface area contributed by atoms with Crippen molar-refractivity contribution in [1.82, 2.24) is 0 Å². The van der Waals surface area contributed by atoms with Crippen LogP contribution < -0.4 is 4.90 Å². The first-order chi connectivity index (χ1) is 12.9. The Morgan fingerprint density at radius 3 is 2.37 bits per heavy atom. The number of benzene rings is 2. The van der Waals surface area contributed by atoms with E-state index in [4.69, 9.17) is 4.74 Å². The van der Waals surface area contributed by atoms with Crippen LogP contribution in [0.5, 0.6) is 5.75 Å². The maximum absolute atomic E-state index is 12.7. The third-order valence-electron chi connectivity index (χ3n) is 4.00. The maximum atomic E-state index is 12.7. The Morgan fingerprint density at radius 2 is 1.74 bits per heavy atom. The number of hydrogen-bond acceptors (Lipinski definition) is 6. The van der Waals surface area contributed by atoms with Gasteiger partial charge in [0.05, 0.1) is 11.8 Å². The quantitative estimate of drug-likeness (QED) is 0.787. The molecule has 1 atom stereocenters. The molecular weight excluding hydrogens is 370 g/mol. The Bertz CT molecular complexity index is 984. The van der Waals surface area contributed by atoms with Crippen LogP contribution in [0.1, 0.15) is 10.4 Å². The van der Waals surface area contributed by atoms with Crippen LogP contribution in [0.3, 0.4) is 0 Å². The van der Waals surface area contributed by atoms with Crippen molar-refractivity contribution in [3.05, 3.63) is 71.6 Å². The molecule has 0 radical (unpaired) electrons. The van der Waals surface area contributed by atoms with Crippen molar-refractivity contribution in [3.63, 3.8) is 0 Å². The van der Waals surface area contributed by atoms with Crippen molar-refractivity contribution in [3.8, 4) is 5.75 Å². The summed E-state index contributed by atoms with van der Waals surface area (Å²) in [5.41, 5.74) is 0.438. The van der Waals surface area contributed by atoms with Gasteiger partial charge < -0.3 is 14.7 Å². The zero-order valence-electron chi connectivity index (χ0n) is 14.2. The van der Waals surface area contributed by atoms with E-state index in [0.717, 1.165) is 5.41 Å². The fourth-order valence-corrected chi connectivity index (χ4v) is 4.02. The molecule has 1 aliphatic heterocycles. The van der Waals surface area contributed by atoms with Crippen molar-refractivity contribution >= 4 is 27.4 Å². The van der Waals surface area contributed by atoms with Gasteiger partial charge in [0, 0.05) is 11.1 Å². The molecule has 0 unspecified atom stereocenters. The Kier molecular flexibility index (Phi) is 5.27. The number of ether oxygens (including phenoxy) is 1. The van der Waals surface area contributed by atoms with Gasteiger partial charge in [-0.2, -0.15) is 0 Å². The number of carbonyl (C=O) groups is 2. The van der Waals surface area contributed by atoms with Gasteiger partial charge in [0.25, 0.3) is 5.91 Å². The molecule has 3 rings (SSSR count). The molecule has 1 N–H and O–H groups in total. The molecule has 1 heterocycles. The van der Waals surface area contributed by atoms with E-state index in [-0.39, 0.29) is 17.1 Å². The monoisotopic (exact) mass is 387 g/mol. The van der Waals surface area contributed by atoms with E-state index < -0.39 is 34.4 Å². The number of esters is 1. The molecule has 2 aromatic rings. The van der Waals surface area contributed by atoms with E-state index >= 15 is 0 Å². The minimum atomic E-state index is -3.38. The van der Waals surface area contributed by atoms with Crippen molar-refractivity contribution in [2.24, 2.45) is 0 Å². The van der Waals surface area contributed by atoms with Crippen molar-refractivity contribution in [2.75, 3.05) is 17.3 Å². The highest BCUT2D eigenvalue weighted by Crippen LogP contribution is 2.23. The minimum absolute atomic E-state index is 0.0556. The zero-order chi connectivity index (χ0) is 19.4. The average molecular weight is 387 g/mol. The zero-order valence-corrected chi connectivity index (χ0v) is 15.0. The highest BCUT2D eigenvalue weighted by Gasteiger charge is 2.32. The number of carbonyl (C=O) groups excluding carboxylic acids is 2. The molecule has 0 spiro atoms. The Balaban J connectivity index is 1.77. The van der Waals surface area contributed by atoms with Gasteiger partial charge in [-0.25, -0.2) is 13.2 Å². The highest BCUT2D eigenvalue weighted by molar-refractivity contribution is 7.94. The van der Waals surface area contributed by atoms with E-state index in [0.29, 0.717) is 5.69 Å². The van der Waals surface area contributed by atoms with Crippen LogP contribution >= 0.6 is 0 Å². The number of rotatable bonds is 5. The number of sulfone groups is 1. The summed E-state index contributed by atoms with van der Waals surface area (Å²) in [7, 11) is -3.38. The lowest BCUT2D eigenvalue weighted by molar-refractivity contribution is -0.121. The molecule has 27 heavy (non-hydrogen) atoms. The van der Waals surface area contributed by atoms with Crippen LogP contribution in [-0.4, -0.2) is 43.8 Å². The van der Waals surface area contributed by atoms with Crippen molar-refractivity contribution in [1.29, 1.82) is 0 Å². The lowest BCUT2D eigenvalue weighted by atomic mass is 10.2. The van der Waals surface area contributed by atoms with Gasteiger partial charge in [-0.05, 0) is 30.3 Å². The first-order valence-corrected chi connectivity index (χ1v) is 9.82. The smallest absolute Gasteiger partial charge is 0.342 e. The summed E-state index contributed by atoms with van der Waals surface area (Å²) in [5, 5.41) is 10.8. The number of nitrogens with zero attached hydrogens (tertiary/aromatic N) is 1. The third kappa shape index (κ3) is 4.35. The lowest BCUT2D eigenvalue weighted by Gasteiger charge is -2.27. The van der Waals surface area contributed by atoms with Gasteiger partial charge in [0.1, 0.15) is 11.3 Å². The number of phenols is 1. The van der Waals surface area contributed by atoms with Gasteiger partial charge in [-0.15, -0.1) is 0 Å². The molecule has 0 aliphatic carbocycles. The van der Waals surface area contributed by atoms with Crippen LogP contribution in [0.15, 0.2) is 66.1 Å². The minimum Gasteiger partial charge on any atom is -0.507 e. The predicted molar refractivity (Wildman–Crippen MR) is 99.0 cm³/mol. The Morgan fingerprint density at radius 1 is 1.07 bits per heavy atom. The van der Waals surface area contributed by atoms with Crippen molar-refractivity contribution in [2.45, 2.75) is 6.04 Å². The molecule has 0 fully saturated rings. The fraction of sp³-hybridized carbons (Fsp3) is 0.158. The average Bonchev–Trinajstić information content (AvgIpc) is 3.00. The van der Waals surface area contributed by atoms with Crippen LogP contribution in [-0.2, 0) is 19.4 Å². The van der Waals surface area contributed by atoms with Gasteiger partial charge >= 0.3 is 5.97 Å². The summed E-state index contributed by atoms with van der Waals surface area (Å²) in [6, 6.07) is 13.7. The number of hydrogen-bond donors (Lipinski definition) is 1. The largest absolute Gasteiger partial charge is 0.507 e. The van der Waals surface area contributed by atoms with Gasteiger partial charge in [-0.1, -0.05) is 30.3 Å². The number of amides is 1. The Labute approximate surface area is 156 Å².